The van der Waals surface area contributed by atoms with E-state index in [2.05, 4.69) is 34.6 Å². The van der Waals surface area contributed by atoms with E-state index in [0.717, 1.165) is 17.8 Å². The highest BCUT2D eigenvalue weighted by molar-refractivity contribution is 4.59. The maximum atomic E-state index is 2.45. The molecule has 0 saturated carbocycles. The summed E-state index contributed by atoms with van der Waals surface area (Å²) in [6.45, 7) is 11.9. The van der Waals surface area contributed by atoms with Gasteiger partial charge in [0.05, 0.1) is 0 Å². The fraction of sp³-hybridized carbons (Fsp3) is 1.00. The van der Waals surface area contributed by atoms with Gasteiger partial charge in [0.15, 0.2) is 0 Å². The van der Waals surface area contributed by atoms with E-state index in [1.807, 2.05) is 0 Å². The van der Waals surface area contributed by atoms with Gasteiger partial charge in [-0.3, -0.25) is 0 Å². The predicted molar refractivity (Wildman–Crippen MR) is 85.0 cm³/mol. The van der Waals surface area contributed by atoms with E-state index in [9.17, 15) is 0 Å². The molecule has 0 radical (unpaired) electrons. The van der Waals surface area contributed by atoms with Crippen LogP contribution in [0.3, 0.4) is 0 Å². The summed E-state index contributed by atoms with van der Waals surface area (Å²) in [6, 6.07) is 0. The summed E-state index contributed by atoms with van der Waals surface area (Å²) in [6.07, 6.45) is 14.3. The van der Waals surface area contributed by atoms with E-state index >= 15 is 0 Å². The maximum Gasteiger partial charge on any atom is -0.0443 e. The Balaban J connectivity index is 3.35. The summed E-state index contributed by atoms with van der Waals surface area (Å²) < 4.78 is 0. The Morgan fingerprint density at radius 1 is 0.556 bits per heavy atom. The third-order valence-electron chi connectivity index (χ3n) is 4.17. The van der Waals surface area contributed by atoms with Crippen LogP contribution in [-0.4, -0.2) is 0 Å². The van der Waals surface area contributed by atoms with Crippen LogP contribution in [0.4, 0.5) is 0 Å². The Bertz CT molecular complexity index is 159. The fourth-order valence-corrected chi connectivity index (χ4v) is 2.72. The number of hydrogen-bond acceptors (Lipinski definition) is 0. The van der Waals surface area contributed by atoms with Crippen molar-refractivity contribution < 1.29 is 0 Å². The number of hydrogen-bond donors (Lipinski definition) is 0. The normalized spacial score (nSPS) is 15.0. The summed E-state index contributed by atoms with van der Waals surface area (Å²) in [5, 5.41) is 0. The Morgan fingerprint density at radius 3 is 1.44 bits per heavy atom. The van der Waals surface area contributed by atoms with Crippen molar-refractivity contribution in [3.8, 4) is 0 Å². The smallest absolute Gasteiger partial charge is 0.0443 e. The standard InChI is InChI=1S/C18H38/c1-6-7-8-12-17(4)14-10-15-18(5)13-9-11-16(2)3/h16-18H,6-15H2,1-5H3/t17-,18-/m1/s1. The van der Waals surface area contributed by atoms with Gasteiger partial charge in [-0.1, -0.05) is 98.8 Å². The quantitative estimate of drug-likeness (QED) is 0.335. The molecule has 2 atom stereocenters. The molecular formula is C18H38. The molecule has 18 heavy (non-hydrogen) atoms. The van der Waals surface area contributed by atoms with Crippen molar-refractivity contribution in [3.05, 3.63) is 0 Å². The number of rotatable bonds is 12. The molecule has 0 spiro atoms. The monoisotopic (exact) mass is 254 g/mol. The van der Waals surface area contributed by atoms with Crippen molar-refractivity contribution >= 4 is 0 Å². The van der Waals surface area contributed by atoms with E-state index in [1.165, 1.54) is 64.2 Å². The first-order chi connectivity index (χ1) is 8.56. The molecule has 0 fully saturated rings. The van der Waals surface area contributed by atoms with Gasteiger partial charge in [-0.25, -0.2) is 0 Å². The van der Waals surface area contributed by atoms with Crippen molar-refractivity contribution in [2.45, 2.75) is 98.8 Å². The lowest BCUT2D eigenvalue weighted by atomic mass is 9.92. The Labute approximate surface area is 117 Å². The highest BCUT2D eigenvalue weighted by Gasteiger charge is 2.06. The molecule has 0 aromatic heterocycles. The van der Waals surface area contributed by atoms with Gasteiger partial charge in [-0.2, -0.15) is 0 Å². The lowest BCUT2D eigenvalue weighted by Crippen LogP contribution is -2.00. The summed E-state index contributed by atoms with van der Waals surface area (Å²) in [5.74, 6) is 2.79. The van der Waals surface area contributed by atoms with Crippen molar-refractivity contribution in [2.24, 2.45) is 17.8 Å². The van der Waals surface area contributed by atoms with Crippen LogP contribution in [0, 0.1) is 17.8 Å². The molecule has 0 aliphatic heterocycles. The Kier molecular flexibility index (Phi) is 12.1. The Morgan fingerprint density at radius 2 is 1.00 bits per heavy atom. The summed E-state index contributed by atoms with van der Waals surface area (Å²) >= 11 is 0. The van der Waals surface area contributed by atoms with Crippen molar-refractivity contribution in [3.63, 3.8) is 0 Å². The molecule has 110 valence electrons. The largest absolute Gasteiger partial charge is 0.0654 e. The molecule has 0 nitrogen and oxygen atoms in total. The maximum absolute atomic E-state index is 2.45. The first-order valence-corrected chi connectivity index (χ1v) is 8.56. The van der Waals surface area contributed by atoms with E-state index in [1.54, 1.807) is 0 Å². The van der Waals surface area contributed by atoms with Crippen molar-refractivity contribution in [1.29, 1.82) is 0 Å². The van der Waals surface area contributed by atoms with Gasteiger partial charge in [0.2, 0.25) is 0 Å². The molecule has 0 aliphatic carbocycles. The molecule has 0 amide bonds. The third-order valence-corrected chi connectivity index (χ3v) is 4.17. The minimum Gasteiger partial charge on any atom is -0.0654 e. The Hall–Kier alpha value is 0. The molecule has 0 rings (SSSR count). The molecule has 0 aliphatic rings. The minimum atomic E-state index is 0.885. The van der Waals surface area contributed by atoms with E-state index in [0.29, 0.717) is 0 Å². The van der Waals surface area contributed by atoms with Crippen LogP contribution in [0.5, 0.6) is 0 Å². The lowest BCUT2D eigenvalue weighted by molar-refractivity contribution is 0.387. The van der Waals surface area contributed by atoms with Crippen molar-refractivity contribution in [2.75, 3.05) is 0 Å². The zero-order valence-electron chi connectivity index (χ0n) is 13.8. The van der Waals surface area contributed by atoms with Crippen LogP contribution in [-0.2, 0) is 0 Å². The molecule has 0 heterocycles. The second-order valence-electron chi connectivity index (χ2n) is 6.96. The average molecular weight is 255 g/mol. The van der Waals surface area contributed by atoms with E-state index in [4.69, 9.17) is 0 Å². The first-order valence-electron chi connectivity index (χ1n) is 8.56. The van der Waals surface area contributed by atoms with Crippen molar-refractivity contribution in [1.82, 2.24) is 0 Å². The summed E-state index contributed by atoms with van der Waals surface area (Å²) in [4.78, 5) is 0. The predicted octanol–water partition coefficient (Wildman–Crippen LogP) is 6.84. The topological polar surface area (TPSA) is 0 Å². The minimum absolute atomic E-state index is 0.885. The van der Waals surface area contributed by atoms with Gasteiger partial charge in [-0.05, 0) is 17.8 Å². The second-order valence-corrected chi connectivity index (χ2v) is 6.96. The molecule has 0 saturated heterocycles. The molecule has 0 bridgehead atoms. The van der Waals surface area contributed by atoms with Gasteiger partial charge in [0, 0.05) is 0 Å². The highest BCUT2D eigenvalue weighted by Crippen LogP contribution is 2.21. The SMILES string of the molecule is CCCCC[C@@H](C)CCC[C@H](C)CCCC(C)C. The van der Waals surface area contributed by atoms with E-state index < -0.39 is 0 Å². The summed E-state index contributed by atoms with van der Waals surface area (Å²) in [5.41, 5.74) is 0. The molecule has 0 N–H and O–H groups in total. The molecule has 0 heteroatoms. The zero-order valence-corrected chi connectivity index (χ0v) is 13.8. The second kappa shape index (κ2) is 12.1. The molecule has 0 aromatic rings. The van der Waals surface area contributed by atoms with Gasteiger partial charge in [0.1, 0.15) is 0 Å². The van der Waals surface area contributed by atoms with Crippen LogP contribution in [0.25, 0.3) is 0 Å². The van der Waals surface area contributed by atoms with Crippen LogP contribution in [0.2, 0.25) is 0 Å². The third kappa shape index (κ3) is 12.5. The van der Waals surface area contributed by atoms with Gasteiger partial charge in [0.25, 0.3) is 0 Å². The lowest BCUT2D eigenvalue weighted by Gasteiger charge is -2.14. The van der Waals surface area contributed by atoms with Crippen LogP contribution >= 0.6 is 0 Å². The molecule has 0 unspecified atom stereocenters. The average Bonchev–Trinajstić information content (AvgIpc) is 2.29. The fourth-order valence-electron chi connectivity index (χ4n) is 2.72. The first kappa shape index (κ1) is 18.0. The van der Waals surface area contributed by atoms with Gasteiger partial charge < -0.3 is 0 Å². The molecular weight excluding hydrogens is 216 g/mol. The van der Waals surface area contributed by atoms with Crippen LogP contribution in [0.1, 0.15) is 98.8 Å². The van der Waals surface area contributed by atoms with Gasteiger partial charge >= 0.3 is 0 Å². The molecule has 0 aromatic carbocycles. The zero-order chi connectivity index (χ0) is 13.8. The van der Waals surface area contributed by atoms with Gasteiger partial charge in [-0.15, -0.1) is 0 Å². The number of unbranched alkanes of at least 4 members (excludes halogenated alkanes) is 2. The van der Waals surface area contributed by atoms with Crippen LogP contribution in [0.15, 0.2) is 0 Å². The van der Waals surface area contributed by atoms with E-state index in [-0.39, 0.29) is 0 Å². The summed E-state index contributed by atoms with van der Waals surface area (Å²) in [7, 11) is 0. The van der Waals surface area contributed by atoms with Crippen LogP contribution < -0.4 is 0 Å². The highest BCUT2D eigenvalue weighted by atomic mass is 14.1.